The summed E-state index contributed by atoms with van der Waals surface area (Å²) in [6, 6.07) is 3.59. The quantitative estimate of drug-likeness (QED) is 0.472. The van der Waals surface area contributed by atoms with Gasteiger partial charge in [0.2, 0.25) is 0 Å². The van der Waals surface area contributed by atoms with Crippen LogP contribution in [0.2, 0.25) is 0 Å². The lowest BCUT2D eigenvalue weighted by Crippen LogP contribution is -2.27. The van der Waals surface area contributed by atoms with E-state index in [2.05, 4.69) is 25.7 Å². The SMILES string of the molecule is CCn1ccc(C(C)NC(=O)c2cc(C3CC3)nc3onc(-c4cnn(CC)c4C)c23)n1. The molecular formula is C23H27N7O2. The van der Waals surface area contributed by atoms with Gasteiger partial charge in [-0.15, -0.1) is 0 Å². The maximum Gasteiger partial charge on any atom is 0.259 e. The Morgan fingerprint density at radius 3 is 2.78 bits per heavy atom. The number of aromatic nitrogens is 6. The second-order valence-electron chi connectivity index (χ2n) is 8.33. The van der Waals surface area contributed by atoms with Gasteiger partial charge in [-0.05, 0) is 52.7 Å². The monoisotopic (exact) mass is 433 g/mol. The van der Waals surface area contributed by atoms with Gasteiger partial charge in [0.05, 0.1) is 28.9 Å². The highest BCUT2D eigenvalue weighted by Gasteiger charge is 2.30. The molecule has 0 radical (unpaired) electrons. The summed E-state index contributed by atoms with van der Waals surface area (Å²) in [6.07, 6.45) is 5.84. The van der Waals surface area contributed by atoms with Gasteiger partial charge in [-0.1, -0.05) is 5.16 Å². The van der Waals surface area contributed by atoms with Crippen molar-refractivity contribution >= 4 is 17.0 Å². The van der Waals surface area contributed by atoms with Crippen molar-refractivity contribution in [1.29, 1.82) is 0 Å². The fraction of sp³-hybridized carbons (Fsp3) is 0.435. The molecule has 0 bridgehead atoms. The molecule has 1 N–H and O–H groups in total. The Hall–Kier alpha value is -3.49. The van der Waals surface area contributed by atoms with E-state index in [1.165, 1.54) is 0 Å². The van der Waals surface area contributed by atoms with Crippen LogP contribution in [-0.2, 0) is 13.1 Å². The second kappa shape index (κ2) is 7.89. The summed E-state index contributed by atoms with van der Waals surface area (Å²) in [6.45, 7) is 9.53. The van der Waals surface area contributed by atoms with Crippen LogP contribution < -0.4 is 5.32 Å². The Bertz CT molecular complexity index is 1300. The molecule has 166 valence electrons. The molecule has 9 nitrogen and oxygen atoms in total. The van der Waals surface area contributed by atoms with Gasteiger partial charge in [-0.3, -0.25) is 14.2 Å². The van der Waals surface area contributed by atoms with Gasteiger partial charge in [-0.25, -0.2) is 4.98 Å². The minimum atomic E-state index is -0.240. The number of aryl methyl sites for hydroxylation is 2. The third kappa shape index (κ3) is 3.47. The number of amides is 1. The lowest BCUT2D eigenvalue weighted by Gasteiger charge is -2.13. The normalized spacial score (nSPS) is 14.8. The average molecular weight is 434 g/mol. The van der Waals surface area contributed by atoms with Crippen molar-refractivity contribution in [3.63, 3.8) is 0 Å². The fourth-order valence-corrected chi connectivity index (χ4v) is 4.05. The van der Waals surface area contributed by atoms with E-state index in [0.29, 0.717) is 28.3 Å². The smallest absolute Gasteiger partial charge is 0.259 e. The Balaban J connectivity index is 1.57. The van der Waals surface area contributed by atoms with Gasteiger partial charge >= 0.3 is 0 Å². The topological polar surface area (TPSA) is 104 Å². The Morgan fingerprint density at radius 1 is 1.31 bits per heavy atom. The summed E-state index contributed by atoms with van der Waals surface area (Å²) in [5.74, 6) is 0.185. The molecule has 1 fully saturated rings. The first kappa shape index (κ1) is 20.4. The van der Waals surface area contributed by atoms with Crippen molar-refractivity contribution in [3.8, 4) is 11.3 Å². The summed E-state index contributed by atoms with van der Waals surface area (Å²) in [5.41, 5.74) is 5.03. The summed E-state index contributed by atoms with van der Waals surface area (Å²) in [4.78, 5) is 18.2. The van der Waals surface area contributed by atoms with Crippen LogP contribution in [0.1, 0.15) is 73.0 Å². The van der Waals surface area contributed by atoms with E-state index < -0.39 is 0 Å². The number of nitrogens with one attached hydrogen (secondary N) is 1. The molecule has 0 aliphatic heterocycles. The van der Waals surface area contributed by atoms with Crippen LogP contribution in [-0.4, -0.2) is 35.6 Å². The highest BCUT2D eigenvalue weighted by atomic mass is 16.5. The number of rotatable bonds is 7. The molecule has 4 aromatic heterocycles. The Kier molecular flexibility index (Phi) is 5.03. The third-order valence-electron chi connectivity index (χ3n) is 6.14. The van der Waals surface area contributed by atoms with Crippen molar-refractivity contribution in [2.45, 2.75) is 65.6 Å². The van der Waals surface area contributed by atoms with Crippen LogP contribution in [0.15, 0.2) is 29.0 Å². The zero-order chi connectivity index (χ0) is 22.4. The first-order valence-corrected chi connectivity index (χ1v) is 11.2. The predicted molar refractivity (Wildman–Crippen MR) is 119 cm³/mol. The highest BCUT2D eigenvalue weighted by Crippen LogP contribution is 2.41. The van der Waals surface area contributed by atoms with E-state index in [9.17, 15) is 4.79 Å². The number of carbonyl (C=O) groups excluding carboxylic acids is 1. The first-order valence-electron chi connectivity index (χ1n) is 11.2. The summed E-state index contributed by atoms with van der Waals surface area (Å²) >= 11 is 0. The minimum Gasteiger partial charge on any atom is -0.344 e. The molecule has 9 heteroatoms. The van der Waals surface area contributed by atoms with Crippen molar-refractivity contribution in [2.24, 2.45) is 0 Å². The maximum atomic E-state index is 13.5. The molecule has 0 aromatic carbocycles. The van der Waals surface area contributed by atoms with Crippen LogP contribution in [0.3, 0.4) is 0 Å². The summed E-state index contributed by atoms with van der Waals surface area (Å²) in [5, 5.41) is 17.0. The molecule has 0 spiro atoms. The van der Waals surface area contributed by atoms with Crippen LogP contribution in [0.4, 0.5) is 0 Å². The number of fused-ring (bicyclic) bond motifs is 1. The largest absolute Gasteiger partial charge is 0.344 e. The number of pyridine rings is 1. The molecule has 1 aliphatic carbocycles. The molecular weight excluding hydrogens is 406 g/mol. The summed E-state index contributed by atoms with van der Waals surface area (Å²) < 4.78 is 9.37. The lowest BCUT2D eigenvalue weighted by molar-refractivity contribution is 0.0940. The van der Waals surface area contributed by atoms with Gasteiger partial charge in [0.15, 0.2) is 0 Å². The first-order chi connectivity index (χ1) is 15.5. The van der Waals surface area contributed by atoms with Crippen LogP contribution in [0, 0.1) is 6.92 Å². The minimum absolute atomic E-state index is 0.192. The third-order valence-corrected chi connectivity index (χ3v) is 6.14. The van der Waals surface area contributed by atoms with Crippen LogP contribution in [0.5, 0.6) is 0 Å². The maximum absolute atomic E-state index is 13.5. The number of hydrogen-bond donors (Lipinski definition) is 1. The number of hydrogen-bond acceptors (Lipinski definition) is 6. The molecule has 32 heavy (non-hydrogen) atoms. The van der Waals surface area contributed by atoms with E-state index in [1.807, 2.05) is 55.4 Å². The molecule has 1 amide bonds. The fourth-order valence-electron chi connectivity index (χ4n) is 4.05. The van der Waals surface area contributed by atoms with E-state index in [0.717, 1.165) is 48.6 Å². The number of nitrogens with zero attached hydrogens (tertiary/aromatic N) is 6. The average Bonchev–Trinajstić information content (AvgIpc) is 3.21. The molecule has 4 heterocycles. The van der Waals surface area contributed by atoms with Gasteiger partial charge in [0.1, 0.15) is 5.69 Å². The molecule has 1 atom stereocenters. The second-order valence-corrected chi connectivity index (χ2v) is 8.33. The zero-order valence-corrected chi connectivity index (χ0v) is 18.8. The van der Waals surface area contributed by atoms with Crippen molar-refractivity contribution in [1.82, 2.24) is 35.0 Å². The molecule has 1 saturated carbocycles. The standard InChI is InChI=1S/C23H27N7O2/c1-5-29-10-9-18(27-29)13(3)25-22(31)16-11-19(15-7-8-15)26-23-20(16)21(28-32-23)17-12-24-30(6-2)14(17)4/h9-13,15H,5-8H2,1-4H3,(H,25,31). The van der Waals surface area contributed by atoms with E-state index in [4.69, 9.17) is 4.52 Å². The molecule has 5 rings (SSSR count). The highest BCUT2D eigenvalue weighted by molar-refractivity contribution is 6.09. The lowest BCUT2D eigenvalue weighted by atomic mass is 10.0. The van der Waals surface area contributed by atoms with E-state index >= 15 is 0 Å². The molecule has 1 unspecified atom stereocenters. The van der Waals surface area contributed by atoms with Crippen LogP contribution in [0.25, 0.3) is 22.4 Å². The van der Waals surface area contributed by atoms with Crippen molar-refractivity contribution in [2.75, 3.05) is 0 Å². The van der Waals surface area contributed by atoms with Gasteiger partial charge in [-0.2, -0.15) is 10.2 Å². The predicted octanol–water partition coefficient (Wildman–Crippen LogP) is 4.00. The molecule has 4 aromatic rings. The Morgan fingerprint density at radius 2 is 2.12 bits per heavy atom. The van der Waals surface area contributed by atoms with Crippen molar-refractivity contribution < 1.29 is 9.32 Å². The van der Waals surface area contributed by atoms with Gasteiger partial charge in [0.25, 0.3) is 11.6 Å². The van der Waals surface area contributed by atoms with E-state index in [-0.39, 0.29) is 11.9 Å². The molecule has 0 saturated heterocycles. The van der Waals surface area contributed by atoms with Gasteiger partial charge < -0.3 is 9.84 Å². The Labute approximate surface area is 185 Å². The zero-order valence-electron chi connectivity index (χ0n) is 18.8. The number of carbonyl (C=O) groups is 1. The van der Waals surface area contributed by atoms with Crippen LogP contribution >= 0.6 is 0 Å². The van der Waals surface area contributed by atoms with Gasteiger partial charge in [0, 0.05) is 42.2 Å². The van der Waals surface area contributed by atoms with Crippen molar-refractivity contribution in [3.05, 3.63) is 47.2 Å². The molecule has 1 aliphatic rings. The van der Waals surface area contributed by atoms with E-state index in [1.54, 1.807) is 6.20 Å². The summed E-state index contributed by atoms with van der Waals surface area (Å²) in [7, 11) is 0.